The SMILES string of the molecule is C=C1NC(=Nc2cc(C(=O)OC)ccc2C)N(CC)C=C1OC.c1ccccc1. The van der Waals surface area contributed by atoms with Crippen molar-refractivity contribution in [1.29, 1.82) is 0 Å². The Balaban J connectivity index is 0.000000426. The Kier molecular flexibility index (Phi) is 8.03. The molecule has 6 heteroatoms. The topological polar surface area (TPSA) is 63.2 Å². The van der Waals surface area contributed by atoms with E-state index in [1.165, 1.54) is 7.11 Å². The van der Waals surface area contributed by atoms with Crippen LogP contribution in [0.25, 0.3) is 0 Å². The van der Waals surface area contributed by atoms with Gasteiger partial charge in [-0.05, 0) is 31.5 Å². The highest BCUT2D eigenvalue weighted by Gasteiger charge is 2.19. The fourth-order valence-corrected chi connectivity index (χ4v) is 2.53. The number of benzene rings is 2. The third-order valence-corrected chi connectivity index (χ3v) is 4.19. The summed E-state index contributed by atoms with van der Waals surface area (Å²) in [5.41, 5.74) is 2.74. The standard InChI is InChI=1S/C17H21N3O3.C6H6/c1-6-20-10-15(22-4)12(3)18-17(20)19-14-9-13(16(21)23-5)8-7-11(14)2;1-2-4-6-5-3-1/h7-10H,3,6H2,1-2,4-5H3,(H,18,19);1-6H. The third-order valence-electron chi connectivity index (χ3n) is 4.19. The maximum Gasteiger partial charge on any atom is 0.337 e. The van der Waals surface area contributed by atoms with Crippen molar-refractivity contribution in [3.63, 3.8) is 0 Å². The lowest BCUT2D eigenvalue weighted by molar-refractivity contribution is 0.0601. The number of rotatable bonds is 4. The quantitative estimate of drug-likeness (QED) is 0.781. The average molecular weight is 393 g/mol. The summed E-state index contributed by atoms with van der Waals surface area (Å²) in [7, 11) is 2.95. The molecule has 0 spiro atoms. The first-order valence-electron chi connectivity index (χ1n) is 9.26. The molecule has 0 aliphatic carbocycles. The Morgan fingerprint density at radius 2 is 1.76 bits per heavy atom. The summed E-state index contributed by atoms with van der Waals surface area (Å²) >= 11 is 0. The molecule has 1 aliphatic rings. The van der Waals surface area contributed by atoms with Crippen LogP contribution in [0.1, 0.15) is 22.8 Å². The molecule has 0 atom stereocenters. The first-order valence-corrected chi connectivity index (χ1v) is 9.26. The molecule has 0 saturated heterocycles. The fourth-order valence-electron chi connectivity index (χ4n) is 2.53. The zero-order valence-electron chi connectivity index (χ0n) is 17.3. The molecular formula is C23H27N3O3. The van der Waals surface area contributed by atoms with Crippen molar-refractivity contribution in [2.24, 2.45) is 4.99 Å². The first kappa shape index (κ1) is 21.8. The summed E-state index contributed by atoms with van der Waals surface area (Å²) < 4.78 is 10.0. The maximum atomic E-state index is 11.7. The second-order valence-electron chi connectivity index (χ2n) is 6.17. The molecule has 2 aromatic carbocycles. The second-order valence-corrected chi connectivity index (χ2v) is 6.17. The van der Waals surface area contributed by atoms with Gasteiger partial charge in [0.2, 0.25) is 5.96 Å². The minimum absolute atomic E-state index is 0.388. The summed E-state index contributed by atoms with van der Waals surface area (Å²) in [6.45, 7) is 8.57. The molecule has 2 aromatic rings. The Bertz CT molecular complexity index is 878. The van der Waals surface area contributed by atoms with E-state index in [2.05, 4.69) is 16.9 Å². The van der Waals surface area contributed by atoms with E-state index in [1.807, 2.05) is 67.4 Å². The molecule has 29 heavy (non-hydrogen) atoms. The highest BCUT2D eigenvalue weighted by atomic mass is 16.5. The summed E-state index contributed by atoms with van der Waals surface area (Å²) in [4.78, 5) is 18.2. The lowest BCUT2D eigenvalue weighted by Crippen LogP contribution is -2.41. The van der Waals surface area contributed by atoms with Gasteiger partial charge in [-0.3, -0.25) is 0 Å². The van der Waals surface area contributed by atoms with Crippen molar-refractivity contribution in [2.45, 2.75) is 13.8 Å². The van der Waals surface area contributed by atoms with E-state index < -0.39 is 0 Å². The Hall–Kier alpha value is -3.54. The number of methoxy groups -OCH3 is 2. The monoisotopic (exact) mass is 393 g/mol. The minimum Gasteiger partial charge on any atom is -0.493 e. The second kappa shape index (κ2) is 10.7. The van der Waals surface area contributed by atoms with Gasteiger partial charge in [-0.2, -0.15) is 0 Å². The predicted molar refractivity (Wildman–Crippen MR) is 116 cm³/mol. The van der Waals surface area contributed by atoms with Gasteiger partial charge in [0.1, 0.15) is 0 Å². The van der Waals surface area contributed by atoms with E-state index in [0.29, 0.717) is 35.2 Å². The molecule has 0 amide bonds. The van der Waals surface area contributed by atoms with Crippen molar-refractivity contribution in [3.05, 3.63) is 90.0 Å². The molecule has 1 N–H and O–H groups in total. The van der Waals surface area contributed by atoms with Crippen LogP contribution in [0.2, 0.25) is 0 Å². The fraction of sp³-hybridized carbons (Fsp3) is 0.217. The van der Waals surface area contributed by atoms with Crippen LogP contribution >= 0.6 is 0 Å². The molecular weight excluding hydrogens is 366 g/mol. The summed E-state index contributed by atoms with van der Waals surface area (Å²) in [6, 6.07) is 17.3. The number of carbonyl (C=O) groups is 1. The van der Waals surface area contributed by atoms with Crippen LogP contribution in [0.5, 0.6) is 0 Å². The van der Waals surface area contributed by atoms with E-state index in [0.717, 1.165) is 5.56 Å². The van der Waals surface area contributed by atoms with Gasteiger partial charge in [0.05, 0.1) is 37.4 Å². The molecule has 152 valence electrons. The molecule has 0 aromatic heterocycles. The van der Waals surface area contributed by atoms with Gasteiger partial charge in [-0.15, -0.1) is 0 Å². The van der Waals surface area contributed by atoms with Gasteiger partial charge in [-0.25, -0.2) is 9.79 Å². The van der Waals surface area contributed by atoms with Gasteiger partial charge in [0.25, 0.3) is 0 Å². The number of ether oxygens (including phenoxy) is 2. The number of guanidine groups is 1. The number of hydrogen-bond acceptors (Lipinski definition) is 4. The molecule has 1 heterocycles. The van der Waals surface area contributed by atoms with Crippen LogP contribution in [-0.4, -0.2) is 37.6 Å². The normalized spacial score (nSPS) is 14.3. The van der Waals surface area contributed by atoms with E-state index in [1.54, 1.807) is 19.2 Å². The van der Waals surface area contributed by atoms with Crippen LogP contribution in [0, 0.1) is 6.92 Å². The van der Waals surface area contributed by atoms with Gasteiger partial charge in [0, 0.05) is 6.54 Å². The average Bonchev–Trinajstić information content (AvgIpc) is 2.76. The molecule has 0 saturated carbocycles. The molecule has 3 rings (SSSR count). The smallest absolute Gasteiger partial charge is 0.337 e. The van der Waals surface area contributed by atoms with Crippen LogP contribution in [-0.2, 0) is 9.47 Å². The minimum atomic E-state index is -0.388. The Morgan fingerprint density at radius 1 is 1.14 bits per heavy atom. The molecule has 1 aliphatic heterocycles. The number of nitrogens with one attached hydrogen (secondary N) is 1. The number of aliphatic imine (C=N–C) groups is 1. The summed E-state index contributed by atoms with van der Waals surface area (Å²) in [6.07, 6.45) is 1.84. The maximum absolute atomic E-state index is 11.7. The number of esters is 1. The van der Waals surface area contributed by atoms with Crippen molar-refractivity contribution >= 4 is 17.6 Å². The van der Waals surface area contributed by atoms with E-state index >= 15 is 0 Å². The zero-order chi connectivity index (χ0) is 21.2. The lowest BCUT2D eigenvalue weighted by atomic mass is 10.1. The van der Waals surface area contributed by atoms with Gasteiger partial charge in [0.15, 0.2) is 5.76 Å². The van der Waals surface area contributed by atoms with Gasteiger partial charge >= 0.3 is 5.97 Å². The first-order chi connectivity index (χ1) is 14.0. The van der Waals surface area contributed by atoms with Crippen LogP contribution in [0.15, 0.2) is 83.8 Å². The lowest BCUT2D eigenvalue weighted by Gasteiger charge is -2.28. The van der Waals surface area contributed by atoms with Crippen LogP contribution in [0.4, 0.5) is 5.69 Å². The van der Waals surface area contributed by atoms with Gasteiger partial charge < -0.3 is 19.7 Å². The highest BCUT2D eigenvalue weighted by Crippen LogP contribution is 2.23. The molecule has 0 unspecified atom stereocenters. The number of aryl methyl sites for hydroxylation is 1. The Morgan fingerprint density at radius 3 is 2.28 bits per heavy atom. The third kappa shape index (κ3) is 5.97. The van der Waals surface area contributed by atoms with Crippen molar-refractivity contribution in [1.82, 2.24) is 10.2 Å². The van der Waals surface area contributed by atoms with Crippen molar-refractivity contribution in [2.75, 3.05) is 20.8 Å². The molecule has 0 fully saturated rings. The van der Waals surface area contributed by atoms with E-state index in [4.69, 9.17) is 9.47 Å². The van der Waals surface area contributed by atoms with Crippen LogP contribution in [0.3, 0.4) is 0 Å². The molecule has 6 nitrogen and oxygen atoms in total. The zero-order valence-corrected chi connectivity index (χ0v) is 17.3. The summed E-state index contributed by atoms with van der Waals surface area (Å²) in [5, 5.41) is 3.13. The van der Waals surface area contributed by atoms with Crippen molar-refractivity contribution in [3.8, 4) is 0 Å². The van der Waals surface area contributed by atoms with Gasteiger partial charge in [-0.1, -0.05) is 49.0 Å². The molecule has 0 bridgehead atoms. The Labute approximate surface area is 172 Å². The number of carbonyl (C=O) groups excluding carboxylic acids is 1. The van der Waals surface area contributed by atoms with E-state index in [-0.39, 0.29) is 5.97 Å². The van der Waals surface area contributed by atoms with E-state index in [9.17, 15) is 4.79 Å². The number of nitrogens with zero attached hydrogens (tertiary/aromatic N) is 2. The highest BCUT2D eigenvalue weighted by molar-refractivity contribution is 5.92. The van der Waals surface area contributed by atoms with Crippen LogP contribution < -0.4 is 5.32 Å². The number of hydrogen-bond donors (Lipinski definition) is 1. The van der Waals surface area contributed by atoms with Crippen molar-refractivity contribution < 1.29 is 14.3 Å². The summed E-state index contributed by atoms with van der Waals surface area (Å²) in [5.74, 6) is 0.899. The largest absolute Gasteiger partial charge is 0.493 e. The molecule has 0 radical (unpaired) electrons. The predicted octanol–water partition coefficient (Wildman–Crippen LogP) is 4.38.